The summed E-state index contributed by atoms with van der Waals surface area (Å²) >= 11 is 0. The Bertz CT molecular complexity index is 683. The molecule has 0 spiro atoms. The van der Waals surface area contributed by atoms with E-state index in [0.29, 0.717) is 11.9 Å². The number of ether oxygens (including phenoxy) is 2. The highest BCUT2D eigenvalue weighted by Gasteiger charge is 2.25. The molecule has 2 heterocycles. The molecule has 0 amide bonds. The number of aromatic nitrogens is 3. The highest BCUT2D eigenvalue weighted by molar-refractivity contribution is 5.32. The van der Waals surface area contributed by atoms with E-state index in [-0.39, 0.29) is 11.6 Å². The summed E-state index contributed by atoms with van der Waals surface area (Å²) in [6, 6.07) is 6.37. The summed E-state index contributed by atoms with van der Waals surface area (Å²) in [6.45, 7) is 3.61. The first-order valence-electron chi connectivity index (χ1n) is 8.18. The van der Waals surface area contributed by atoms with E-state index in [1.807, 2.05) is 18.5 Å². The second-order valence-corrected chi connectivity index (χ2v) is 6.03. The maximum atomic E-state index is 13.7. The smallest absolute Gasteiger partial charge is 0.227 e. The van der Waals surface area contributed by atoms with Gasteiger partial charge in [-0.05, 0) is 31.9 Å². The fourth-order valence-corrected chi connectivity index (χ4v) is 3.04. The molecule has 24 heavy (non-hydrogen) atoms. The van der Waals surface area contributed by atoms with Gasteiger partial charge in [0.25, 0.3) is 0 Å². The Labute approximate surface area is 141 Å². The summed E-state index contributed by atoms with van der Waals surface area (Å²) in [5.74, 6) is 1.31. The number of hydrogen-bond donors (Lipinski definition) is 0. The maximum absolute atomic E-state index is 13.7. The summed E-state index contributed by atoms with van der Waals surface area (Å²) in [4.78, 5) is 2.20. The molecule has 1 saturated heterocycles. The molecule has 1 aromatic heterocycles. The molecule has 1 fully saturated rings. The van der Waals surface area contributed by atoms with Crippen LogP contribution >= 0.6 is 0 Å². The Kier molecular flexibility index (Phi) is 4.99. The van der Waals surface area contributed by atoms with Crippen molar-refractivity contribution in [3.63, 3.8) is 0 Å². The van der Waals surface area contributed by atoms with Crippen molar-refractivity contribution in [3.8, 4) is 5.75 Å². The second kappa shape index (κ2) is 7.17. The largest absolute Gasteiger partial charge is 0.480 e. The van der Waals surface area contributed by atoms with Gasteiger partial charge >= 0.3 is 0 Å². The van der Waals surface area contributed by atoms with Crippen LogP contribution < -0.4 is 9.64 Å². The Hall–Kier alpha value is -2.15. The zero-order valence-electron chi connectivity index (χ0n) is 14.3. The lowest BCUT2D eigenvalue weighted by Crippen LogP contribution is -2.38. The van der Waals surface area contributed by atoms with Crippen molar-refractivity contribution in [2.24, 2.45) is 7.05 Å². The molecule has 0 N–H and O–H groups in total. The summed E-state index contributed by atoms with van der Waals surface area (Å²) in [6.07, 6.45) is 1.86. The molecule has 3 rings (SSSR count). The van der Waals surface area contributed by atoms with E-state index >= 15 is 0 Å². The topological polar surface area (TPSA) is 52.4 Å². The van der Waals surface area contributed by atoms with Crippen LogP contribution in [-0.4, -0.2) is 41.1 Å². The third-order valence-electron chi connectivity index (χ3n) is 4.45. The van der Waals surface area contributed by atoms with Gasteiger partial charge in [0.2, 0.25) is 5.95 Å². The average Bonchev–Trinajstić information content (AvgIpc) is 2.98. The molecule has 130 valence electrons. The number of para-hydroxylation sites is 1. The molecule has 1 atom stereocenters. The lowest BCUT2D eigenvalue weighted by Gasteiger charge is -2.31. The van der Waals surface area contributed by atoms with Crippen molar-refractivity contribution in [1.29, 1.82) is 0 Å². The minimum atomic E-state index is -0.398. The number of piperidine rings is 1. The molecule has 1 aliphatic heterocycles. The molecule has 7 heteroatoms. The van der Waals surface area contributed by atoms with Crippen LogP contribution in [0.15, 0.2) is 24.3 Å². The number of hydrogen-bond acceptors (Lipinski definition) is 5. The first-order chi connectivity index (χ1) is 11.6. The fourth-order valence-electron chi connectivity index (χ4n) is 3.04. The summed E-state index contributed by atoms with van der Waals surface area (Å²) in [5, 5.41) is 8.55. The molecule has 0 saturated carbocycles. The third kappa shape index (κ3) is 3.36. The zero-order valence-corrected chi connectivity index (χ0v) is 14.3. The van der Waals surface area contributed by atoms with Crippen molar-refractivity contribution in [2.45, 2.75) is 32.0 Å². The predicted octanol–water partition coefficient (Wildman–Crippen LogP) is 2.71. The van der Waals surface area contributed by atoms with Gasteiger partial charge in [-0.25, -0.2) is 4.39 Å². The predicted molar refractivity (Wildman–Crippen MR) is 88.7 cm³/mol. The van der Waals surface area contributed by atoms with Crippen LogP contribution in [0.1, 0.15) is 31.7 Å². The molecule has 1 aliphatic rings. The minimum Gasteiger partial charge on any atom is -0.480 e. The highest BCUT2D eigenvalue weighted by Crippen LogP contribution is 2.26. The number of methoxy groups -OCH3 is 1. The number of nitrogens with zero attached hydrogens (tertiary/aromatic N) is 4. The highest BCUT2D eigenvalue weighted by atomic mass is 19.1. The van der Waals surface area contributed by atoms with Gasteiger partial charge in [0, 0.05) is 27.2 Å². The van der Waals surface area contributed by atoms with Crippen molar-refractivity contribution >= 4 is 5.95 Å². The van der Waals surface area contributed by atoms with E-state index in [9.17, 15) is 4.39 Å². The van der Waals surface area contributed by atoms with Gasteiger partial charge < -0.3 is 14.4 Å². The fraction of sp³-hybridized carbons (Fsp3) is 0.529. The van der Waals surface area contributed by atoms with Crippen LogP contribution in [0.2, 0.25) is 0 Å². The van der Waals surface area contributed by atoms with Gasteiger partial charge in [0.1, 0.15) is 0 Å². The number of halogens is 1. The van der Waals surface area contributed by atoms with E-state index in [4.69, 9.17) is 9.47 Å². The van der Waals surface area contributed by atoms with Crippen LogP contribution in [0.5, 0.6) is 5.75 Å². The molecule has 1 aromatic carbocycles. The van der Waals surface area contributed by atoms with Crippen LogP contribution in [0.25, 0.3) is 0 Å². The Balaban J connectivity index is 1.71. The molecular weight excluding hydrogens is 311 g/mol. The molecule has 1 unspecified atom stereocenters. The van der Waals surface area contributed by atoms with Crippen LogP contribution in [0.4, 0.5) is 10.3 Å². The van der Waals surface area contributed by atoms with E-state index < -0.39 is 6.10 Å². The number of benzene rings is 1. The molecule has 6 nitrogen and oxygen atoms in total. The van der Waals surface area contributed by atoms with Gasteiger partial charge in [0.15, 0.2) is 23.5 Å². The summed E-state index contributed by atoms with van der Waals surface area (Å²) in [7, 11) is 3.66. The van der Waals surface area contributed by atoms with E-state index in [2.05, 4.69) is 15.1 Å². The summed E-state index contributed by atoms with van der Waals surface area (Å²) < 4.78 is 26.8. The molecule has 0 radical (unpaired) electrons. The SMILES string of the molecule is COC1CCN(c2nnc(C(C)Oc3ccccc3F)n2C)CC1. The molecule has 0 bridgehead atoms. The Morgan fingerprint density at radius 1 is 1.21 bits per heavy atom. The van der Waals surface area contributed by atoms with Crippen molar-refractivity contribution in [2.75, 3.05) is 25.1 Å². The van der Waals surface area contributed by atoms with Crippen molar-refractivity contribution in [3.05, 3.63) is 35.9 Å². The first kappa shape index (κ1) is 16.7. The van der Waals surface area contributed by atoms with E-state index in [1.54, 1.807) is 25.3 Å². The number of rotatable bonds is 5. The van der Waals surface area contributed by atoms with Crippen LogP contribution in [0.3, 0.4) is 0 Å². The van der Waals surface area contributed by atoms with Crippen LogP contribution in [0, 0.1) is 5.82 Å². The van der Waals surface area contributed by atoms with Crippen molar-refractivity contribution in [1.82, 2.24) is 14.8 Å². The normalized spacial score (nSPS) is 17.1. The third-order valence-corrected chi connectivity index (χ3v) is 4.45. The molecule has 2 aromatic rings. The maximum Gasteiger partial charge on any atom is 0.227 e. The first-order valence-corrected chi connectivity index (χ1v) is 8.18. The lowest BCUT2D eigenvalue weighted by atomic mass is 10.1. The minimum absolute atomic E-state index is 0.218. The monoisotopic (exact) mass is 334 g/mol. The van der Waals surface area contributed by atoms with E-state index in [0.717, 1.165) is 31.9 Å². The lowest BCUT2D eigenvalue weighted by molar-refractivity contribution is 0.0815. The van der Waals surface area contributed by atoms with Crippen molar-refractivity contribution < 1.29 is 13.9 Å². The van der Waals surface area contributed by atoms with Gasteiger partial charge in [0.05, 0.1) is 6.10 Å². The van der Waals surface area contributed by atoms with Gasteiger partial charge in [-0.2, -0.15) is 0 Å². The molecular formula is C17H23FN4O2. The summed E-state index contributed by atoms with van der Waals surface area (Å²) in [5.41, 5.74) is 0. The Morgan fingerprint density at radius 3 is 2.58 bits per heavy atom. The average molecular weight is 334 g/mol. The quantitative estimate of drug-likeness (QED) is 0.841. The Morgan fingerprint density at radius 2 is 1.92 bits per heavy atom. The van der Waals surface area contributed by atoms with Crippen LogP contribution in [-0.2, 0) is 11.8 Å². The van der Waals surface area contributed by atoms with Gasteiger partial charge in [-0.1, -0.05) is 12.1 Å². The van der Waals surface area contributed by atoms with Gasteiger partial charge in [-0.15, -0.1) is 10.2 Å². The van der Waals surface area contributed by atoms with E-state index in [1.165, 1.54) is 6.07 Å². The second-order valence-electron chi connectivity index (χ2n) is 6.03. The standard InChI is InChI=1S/C17H23FN4O2/c1-12(24-15-7-5-4-6-14(15)18)16-19-20-17(21(16)2)22-10-8-13(23-3)9-11-22/h4-7,12-13H,8-11H2,1-3H3. The number of anilines is 1. The molecule has 0 aliphatic carbocycles. The van der Waals surface area contributed by atoms with Gasteiger partial charge in [-0.3, -0.25) is 4.57 Å². The zero-order chi connectivity index (χ0) is 17.1.